The quantitative estimate of drug-likeness (QED) is 0.831. The van der Waals surface area contributed by atoms with Gasteiger partial charge in [-0.1, -0.05) is 0 Å². The van der Waals surface area contributed by atoms with Crippen LogP contribution in [0.15, 0.2) is 12.1 Å². The lowest BCUT2D eigenvalue weighted by molar-refractivity contribution is -0.132. The fourth-order valence-corrected chi connectivity index (χ4v) is 1.91. The fraction of sp³-hybridized carbons (Fsp3) is 0.444. The molecule has 1 aromatic heterocycles. The first kappa shape index (κ1) is 11.1. The summed E-state index contributed by atoms with van der Waals surface area (Å²) in [6.07, 6.45) is -2.95. The summed E-state index contributed by atoms with van der Waals surface area (Å²) in [6, 6.07) is 3.37. The number of halogens is 2. The number of hydrogen-bond acceptors (Lipinski definition) is 2. The molecule has 0 saturated heterocycles. The van der Waals surface area contributed by atoms with Crippen LogP contribution in [0, 0.1) is 6.92 Å². The highest BCUT2D eigenvalue weighted by Crippen LogP contribution is 2.22. The topological polar surface area (TPSA) is 29.1 Å². The van der Waals surface area contributed by atoms with Crippen molar-refractivity contribution in [2.24, 2.45) is 0 Å². The number of carbonyl (C=O) groups excluding carboxylic acids is 1. The normalized spacial score (nSPS) is 12.9. The van der Waals surface area contributed by atoms with Crippen molar-refractivity contribution in [2.75, 3.05) is 0 Å². The number of alkyl halides is 2. The van der Waals surface area contributed by atoms with Crippen LogP contribution >= 0.6 is 11.3 Å². The Labute approximate surface area is 84.9 Å². The number of thiophene rings is 1. The first-order chi connectivity index (χ1) is 6.50. The molecule has 1 amide bonds. The van der Waals surface area contributed by atoms with Gasteiger partial charge >= 0.3 is 6.43 Å². The van der Waals surface area contributed by atoms with Crippen molar-refractivity contribution >= 4 is 17.2 Å². The van der Waals surface area contributed by atoms with Crippen molar-refractivity contribution in [3.05, 3.63) is 21.9 Å². The average Bonchev–Trinajstić information content (AvgIpc) is 2.51. The summed E-state index contributed by atoms with van der Waals surface area (Å²) >= 11 is 1.49. The van der Waals surface area contributed by atoms with Gasteiger partial charge in [0.05, 0.1) is 6.04 Å². The standard InChI is InChI=1S/C9H11F2NOS/c1-5-3-4-7(14-5)6(2)12-9(13)8(10)11/h3-4,6,8H,1-2H3,(H,12,13). The molecule has 0 aliphatic heterocycles. The summed E-state index contributed by atoms with van der Waals surface area (Å²) in [5, 5.41) is 2.23. The predicted molar refractivity (Wildman–Crippen MR) is 51.6 cm³/mol. The molecule has 0 saturated carbocycles. The molecule has 0 aromatic carbocycles. The van der Waals surface area contributed by atoms with Crippen LogP contribution in [0.4, 0.5) is 8.78 Å². The number of aryl methyl sites for hydroxylation is 1. The first-order valence-corrected chi connectivity index (χ1v) is 4.97. The number of hydrogen-bond donors (Lipinski definition) is 1. The van der Waals surface area contributed by atoms with Crippen LogP contribution in [0.25, 0.3) is 0 Å². The van der Waals surface area contributed by atoms with Crippen molar-refractivity contribution in [1.29, 1.82) is 0 Å². The first-order valence-electron chi connectivity index (χ1n) is 4.15. The van der Waals surface area contributed by atoms with Crippen molar-refractivity contribution in [3.8, 4) is 0 Å². The van der Waals surface area contributed by atoms with E-state index in [4.69, 9.17) is 0 Å². The Morgan fingerprint density at radius 1 is 1.50 bits per heavy atom. The molecule has 0 bridgehead atoms. The molecule has 5 heteroatoms. The van der Waals surface area contributed by atoms with E-state index in [1.54, 1.807) is 6.92 Å². The van der Waals surface area contributed by atoms with Crippen molar-refractivity contribution in [3.63, 3.8) is 0 Å². The molecule has 1 aromatic rings. The van der Waals surface area contributed by atoms with Gasteiger partial charge in [-0.05, 0) is 26.0 Å². The lowest BCUT2D eigenvalue weighted by atomic mass is 10.2. The highest BCUT2D eigenvalue weighted by atomic mass is 32.1. The van der Waals surface area contributed by atoms with E-state index in [-0.39, 0.29) is 6.04 Å². The molecule has 0 fully saturated rings. The van der Waals surface area contributed by atoms with E-state index < -0.39 is 12.3 Å². The molecule has 14 heavy (non-hydrogen) atoms. The van der Waals surface area contributed by atoms with Gasteiger partial charge in [-0.3, -0.25) is 4.79 Å². The molecule has 0 spiro atoms. The molecular weight excluding hydrogens is 208 g/mol. The van der Waals surface area contributed by atoms with Gasteiger partial charge in [-0.15, -0.1) is 11.3 Å². The monoisotopic (exact) mass is 219 g/mol. The summed E-state index contributed by atoms with van der Waals surface area (Å²) in [5.41, 5.74) is 0. The molecule has 0 aliphatic rings. The maximum Gasteiger partial charge on any atom is 0.315 e. The predicted octanol–water partition coefficient (Wildman–Crippen LogP) is 2.50. The van der Waals surface area contributed by atoms with Gasteiger partial charge in [0.15, 0.2) is 0 Å². The van der Waals surface area contributed by atoms with Gasteiger partial charge in [-0.25, -0.2) is 0 Å². The van der Waals surface area contributed by atoms with E-state index in [9.17, 15) is 13.6 Å². The fourth-order valence-electron chi connectivity index (χ4n) is 1.03. The average molecular weight is 219 g/mol. The molecule has 78 valence electrons. The Morgan fingerprint density at radius 3 is 2.57 bits per heavy atom. The third-order valence-electron chi connectivity index (χ3n) is 1.74. The van der Waals surface area contributed by atoms with Gasteiger partial charge in [0.1, 0.15) is 0 Å². The van der Waals surface area contributed by atoms with Gasteiger partial charge < -0.3 is 5.32 Å². The van der Waals surface area contributed by atoms with Crippen LogP contribution in [0.5, 0.6) is 0 Å². The third kappa shape index (κ3) is 2.77. The second kappa shape index (κ2) is 4.50. The number of nitrogens with one attached hydrogen (secondary N) is 1. The highest BCUT2D eigenvalue weighted by molar-refractivity contribution is 7.12. The number of amides is 1. The van der Waals surface area contributed by atoms with Gasteiger partial charge in [-0.2, -0.15) is 8.78 Å². The smallest absolute Gasteiger partial charge is 0.315 e. The Hall–Kier alpha value is -0.970. The number of carbonyl (C=O) groups is 1. The second-order valence-corrected chi connectivity index (χ2v) is 4.30. The maximum atomic E-state index is 11.9. The summed E-state index contributed by atoms with van der Waals surface area (Å²) in [7, 11) is 0. The van der Waals surface area contributed by atoms with Crippen LogP contribution in [-0.2, 0) is 4.79 Å². The summed E-state index contributed by atoms with van der Waals surface area (Å²) in [4.78, 5) is 12.7. The Morgan fingerprint density at radius 2 is 2.14 bits per heavy atom. The Balaban J connectivity index is 2.59. The summed E-state index contributed by atoms with van der Waals surface area (Å²) in [5.74, 6) is -1.22. The minimum absolute atomic E-state index is 0.352. The van der Waals surface area contributed by atoms with Crippen LogP contribution in [0.3, 0.4) is 0 Å². The van der Waals surface area contributed by atoms with Gasteiger partial charge in [0.2, 0.25) is 0 Å². The molecule has 1 heterocycles. The SMILES string of the molecule is Cc1ccc(C(C)NC(=O)C(F)F)s1. The largest absolute Gasteiger partial charge is 0.344 e. The van der Waals surface area contributed by atoms with E-state index in [2.05, 4.69) is 5.32 Å². The molecule has 0 radical (unpaired) electrons. The van der Waals surface area contributed by atoms with E-state index in [0.29, 0.717) is 0 Å². The van der Waals surface area contributed by atoms with E-state index in [1.807, 2.05) is 19.1 Å². The van der Waals surface area contributed by atoms with Crippen LogP contribution < -0.4 is 5.32 Å². The highest BCUT2D eigenvalue weighted by Gasteiger charge is 2.18. The second-order valence-electron chi connectivity index (χ2n) is 2.98. The third-order valence-corrected chi connectivity index (χ3v) is 2.93. The number of rotatable bonds is 3. The molecule has 1 unspecified atom stereocenters. The van der Waals surface area contributed by atoms with Crippen molar-refractivity contribution < 1.29 is 13.6 Å². The zero-order chi connectivity index (χ0) is 10.7. The summed E-state index contributed by atoms with van der Waals surface area (Å²) in [6.45, 7) is 3.61. The van der Waals surface area contributed by atoms with Gasteiger partial charge in [0.25, 0.3) is 5.91 Å². The molecule has 1 rings (SSSR count). The maximum absolute atomic E-state index is 11.9. The Kier molecular flexibility index (Phi) is 3.57. The van der Waals surface area contributed by atoms with E-state index in [0.717, 1.165) is 9.75 Å². The lowest BCUT2D eigenvalue weighted by Crippen LogP contribution is -2.31. The van der Waals surface area contributed by atoms with Gasteiger partial charge in [0, 0.05) is 9.75 Å². The minimum atomic E-state index is -2.95. The van der Waals surface area contributed by atoms with E-state index in [1.165, 1.54) is 11.3 Å². The summed E-state index contributed by atoms with van der Waals surface area (Å²) < 4.78 is 23.8. The Bertz CT molecular complexity index is 324. The van der Waals surface area contributed by atoms with Crippen LogP contribution in [0.1, 0.15) is 22.7 Å². The van der Waals surface area contributed by atoms with Crippen molar-refractivity contribution in [1.82, 2.24) is 5.32 Å². The van der Waals surface area contributed by atoms with Crippen molar-refractivity contribution in [2.45, 2.75) is 26.3 Å². The van der Waals surface area contributed by atoms with Crippen LogP contribution in [-0.4, -0.2) is 12.3 Å². The minimum Gasteiger partial charge on any atom is -0.344 e. The zero-order valence-corrected chi connectivity index (χ0v) is 8.70. The van der Waals surface area contributed by atoms with Crippen LogP contribution in [0.2, 0.25) is 0 Å². The molecule has 1 N–H and O–H groups in total. The molecule has 2 nitrogen and oxygen atoms in total. The molecule has 0 aliphatic carbocycles. The lowest BCUT2D eigenvalue weighted by Gasteiger charge is -2.11. The molecular formula is C9H11F2NOS. The zero-order valence-electron chi connectivity index (χ0n) is 7.88. The van der Waals surface area contributed by atoms with E-state index >= 15 is 0 Å². The molecule has 1 atom stereocenters.